The second-order valence-corrected chi connectivity index (χ2v) is 10.2. The van der Waals surface area contributed by atoms with Crippen LogP contribution in [0.4, 0.5) is 16.0 Å². The van der Waals surface area contributed by atoms with Crippen molar-refractivity contribution in [1.29, 1.82) is 0 Å². The van der Waals surface area contributed by atoms with Crippen LogP contribution in [-0.4, -0.2) is 50.2 Å². The lowest BCUT2D eigenvalue weighted by atomic mass is 9.74. The third-order valence-electron chi connectivity index (χ3n) is 7.07. The molecule has 1 aliphatic heterocycles. The highest BCUT2D eigenvalue weighted by molar-refractivity contribution is 6.31. The van der Waals surface area contributed by atoms with E-state index in [-0.39, 0.29) is 42.9 Å². The van der Waals surface area contributed by atoms with Crippen molar-refractivity contribution in [3.8, 4) is 0 Å². The number of carboxylic acids is 1. The van der Waals surface area contributed by atoms with Crippen LogP contribution in [0, 0.1) is 18.2 Å². The molecule has 3 N–H and O–H groups in total. The summed E-state index contributed by atoms with van der Waals surface area (Å²) in [5.74, 6) is -0.422. The van der Waals surface area contributed by atoms with Crippen molar-refractivity contribution < 1.29 is 19.1 Å². The van der Waals surface area contributed by atoms with Crippen LogP contribution in [0.3, 0.4) is 0 Å². The Balaban J connectivity index is 1.35. The average Bonchev–Trinajstić information content (AvgIpc) is 3.63. The van der Waals surface area contributed by atoms with Gasteiger partial charge < -0.3 is 15.3 Å². The Morgan fingerprint density at radius 1 is 1.22 bits per heavy atom. The number of H-pyrrole nitrogens is 1. The van der Waals surface area contributed by atoms with Gasteiger partial charge in [0.1, 0.15) is 5.82 Å². The molecule has 1 saturated heterocycles. The zero-order valence-corrected chi connectivity index (χ0v) is 20.6. The molecule has 1 amide bonds. The summed E-state index contributed by atoms with van der Waals surface area (Å²) in [6.45, 7) is 2.32. The van der Waals surface area contributed by atoms with E-state index in [1.807, 2.05) is 25.1 Å². The van der Waals surface area contributed by atoms with E-state index in [1.54, 1.807) is 0 Å². The van der Waals surface area contributed by atoms with E-state index in [2.05, 4.69) is 15.5 Å². The number of rotatable bonds is 7. The van der Waals surface area contributed by atoms with Gasteiger partial charge >= 0.3 is 5.97 Å². The summed E-state index contributed by atoms with van der Waals surface area (Å²) in [6.07, 6.45) is 2.93. The van der Waals surface area contributed by atoms with Gasteiger partial charge in [0.25, 0.3) is 5.91 Å². The van der Waals surface area contributed by atoms with Crippen LogP contribution < -0.4 is 5.32 Å². The largest absolute Gasteiger partial charge is 0.481 e. The molecular weight excluding hydrogens is 485 g/mol. The fraction of sp³-hybridized carbons (Fsp3) is 0.385. The Morgan fingerprint density at radius 2 is 1.97 bits per heavy atom. The number of likely N-dealkylation sites (tertiary alicyclic amines) is 1. The molecule has 8 nitrogen and oxygen atoms in total. The quantitative estimate of drug-likeness (QED) is 0.408. The third kappa shape index (κ3) is 4.93. The number of anilines is 2. The summed E-state index contributed by atoms with van der Waals surface area (Å²) in [7, 11) is 0. The maximum absolute atomic E-state index is 14.4. The number of carboxylic acid groups (broad SMARTS) is 1. The van der Waals surface area contributed by atoms with Gasteiger partial charge in [0, 0.05) is 37.0 Å². The molecule has 0 unspecified atom stereocenters. The zero-order chi connectivity index (χ0) is 25.4. The molecule has 2 aliphatic rings. The number of aliphatic carboxylic acids is 1. The van der Waals surface area contributed by atoms with Crippen molar-refractivity contribution in [1.82, 2.24) is 20.1 Å². The van der Waals surface area contributed by atoms with Gasteiger partial charge in [-0.15, -0.1) is 0 Å². The Bertz CT molecular complexity index is 1310. The number of benzene rings is 1. The number of carbonyl (C=O) groups is 2. The fourth-order valence-corrected chi connectivity index (χ4v) is 5.00. The van der Waals surface area contributed by atoms with Crippen molar-refractivity contribution in [2.75, 3.05) is 18.4 Å². The lowest BCUT2D eigenvalue weighted by molar-refractivity contribution is -0.151. The molecule has 0 atom stereocenters. The molecule has 10 heteroatoms. The fourth-order valence-electron chi connectivity index (χ4n) is 4.82. The monoisotopic (exact) mass is 511 g/mol. The Hall–Kier alpha value is -3.46. The maximum atomic E-state index is 14.4. The minimum Gasteiger partial charge on any atom is -0.481 e. The number of nitrogens with zero attached hydrogens (tertiary/aromatic N) is 3. The number of aryl methyl sites for hydroxylation is 1. The number of halogens is 2. The smallest absolute Gasteiger partial charge is 0.310 e. The highest BCUT2D eigenvalue weighted by Gasteiger charge is 2.43. The van der Waals surface area contributed by atoms with Gasteiger partial charge in [0.05, 0.1) is 16.0 Å². The summed E-state index contributed by atoms with van der Waals surface area (Å²) >= 11 is 5.84. The first kappa shape index (κ1) is 24.2. The molecule has 36 heavy (non-hydrogen) atoms. The predicted molar refractivity (Wildman–Crippen MR) is 133 cm³/mol. The molecule has 5 rings (SSSR count). The number of amides is 1. The Labute approximate surface area is 212 Å². The van der Waals surface area contributed by atoms with Gasteiger partial charge in [-0.2, -0.15) is 5.10 Å². The van der Waals surface area contributed by atoms with Crippen molar-refractivity contribution in [2.45, 2.75) is 44.9 Å². The summed E-state index contributed by atoms with van der Waals surface area (Å²) < 4.78 is 14.4. The van der Waals surface area contributed by atoms with Crippen LogP contribution in [0.15, 0.2) is 36.4 Å². The zero-order valence-electron chi connectivity index (χ0n) is 19.9. The van der Waals surface area contributed by atoms with Gasteiger partial charge in [-0.3, -0.25) is 14.7 Å². The molecule has 2 aromatic heterocycles. The third-order valence-corrected chi connectivity index (χ3v) is 7.37. The topological polar surface area (TPSA) is 111 Å². The van der Waals surface area contributed by atoms with Gasteiger partial charge in [-0.05, 0) is 68.4 Å². The molecule has 0 radical (unpaired) electrons. The second-order valence-electron chi connectivity index (χ2n) is 9.77. The molecule has 3 heterocycles. The van der Waals surface area contributed by atoms with Gasteiger partial charge in [0.15, 0.2) is 11.6 Å². The molecule has 2 fully saturated rings. The number of aromatic amines is 1. The molecule has 1 aromatic carbocycles. The van der Waals surface area contributed by atoms with Crippen LogP contribution in [0.2, 0.25) is 5.02 Å². The summed E-state index contributed by atoms with van der Waals surface area (Å²) in [4.78, 5) is 31.6. The minimum absolute atomic E-state index is 0.103. The summed E-state index contributed by atoms with van der Waals surface area (Å²) in [5.41, 5.74) is 1.57. The first-order valence-electron chi connectivity index (χ1n) is 12.0. The highest BCUT2D eigenvalue weighted by atomic mass is 35.5. The van der Waals surface area contributed by atoms with E-state index in [4.69, 9.17) is 16.6 Å². The number of hydrogen-bond acceptors (Lipinski definition) is 5. The molecule has 188 valence electrons. The van der Waals surface area contributed by atoms with Gasteiger partial charge in [0.2, 0.25) is 0 Å². The van der Waals surface area contributed by atoms with Crippen molar-refractivity contribution in [3.05, 3.63) is 69.8 Å². The molecule has 0 spiro atoms. The maximum Gasteiger partial charge on any atom is 0.310 e. The van der Waals surface area contributed by atoms with Crippen molar-refractivity contribution >= 4 is 35.1 Å². The first-order chi connectivity index (χ1) is 17.2. The predicted octanol–water partition coefficient (Wildman–Crippen LogP) is 5.08. The number of pyridine rings is 1. The molecule has 0 bridgehead atoms. The van der Waals surface area contributed by atoms with E-state index in [9.17, 15) is 19.1 Å². The number of carbonyl (C=O) groups excluding carboxylic acids is 1. The number of aromatic nitrogens is 3. The Kier molecular flexibility index (Phi) is 6.42. The van der Waals surface area contributed by atoms with Crippen LogP contribution in [0.25, 0.3) is 0 Å². The van der Waals surface area contributed by atoms with Crippen LogP contribution in [0.5, 0.6) is 0 Å². The number of piperidine rings is 1. The SMILES string of the molecule is Cc1cc(Nc2cc(C3CC3)cc(CC3(C(=O)O)CCN(C(=O)c4cccc(Cl)c4F)CC3)n2)n[nH]1. The summed E-state index contributed by atoms with van der Waals surface area (Å²) in [6, 6.07) is 10.2. The number of hydrogen-bond donors (Lipinski definition) is 3. The van der Waals surface area contributed by atoms with E-state index >= 15 is 0 Å². The average molecular weight is 512 g/mol. The van der Waals surface area contributed by atoms with Crippen molar-refractivity contribution in [3.63, 3.8) is 0 Å². The van der Waals surface area contributed by atoms with E-state index < -0.39 is 23.1 Å². The highest BCUT2D eigenvalue weighted by Crippen LogP contribution is 2.42. The first-order valence-corrected chi connectivity index (χ1v) is 12.4. The van der Waals surface area contributed by atoms with Crippen molar-refractivity contribution in [2.24, 2.45) is 5.41 Å². The standard InChI is InChI=1S/C26H27ClFN5O3/c1-15-11-22(32-31-15)30-21-13-17(16-5-6-16)12-18(29-21)14-26(25(35)36)7-9-33(10-8-26)24(34)19-3-2-4-20(27)23(19)28/h2-4,11-13,16H,5-10,14H2,1H3,(H,35,36)(H2,29,30,31,32). The van der Waals surface area contributed by atoms with E-state index in [0.717, 1.165) is 24.1 Å². The second kappa shape index (κ2) is 9.54. The molecule has 1 saturated carbocycles. The van der Waals surface area contributed by atoms with Crippen LogP contribution in [-0.2, 0) is 11.2 Å². The normalized spacial score (nSPS) is 17.1. The summed E-state index contributed by atoms with van der Waals surface area (Å²) in [5, 5.41) is 20.4. The molecular formula is C26H27ClFN5O3. The van der Waals surface area contributed by atoms with E-state index in [1.165, 1.54) is 23.1 Å². The lowest BCUT2D eigenvalue weighted by Gasteiger charge is -2.39. The van der Waals surface area contributed by atoms with E-state index in [0.29, 0.717) is 23.2 Å². The van der Waals surface area contributed by atoms with Crippen LogP contribution >= 0.6 is 11.6 Å². The molecule has 1 aliphatic carbocycles. The molecule has 3 aromatic rings. The lowest BCUT2D eigenvalue weighted by Crippen LogP contribution is -2.47. The number of nitrogens with one attached hydrogen (secondary N) is 2. The minimum atomic E-state index is -1.07. The van der Waals surface area contributed by atoms with Crippen LogP contribution in [0.1, 0.15) is 58.9 Å². The Morgan fingerprint density at radius 3 is 2.61 bits per heavy atom. The van der Waals surface area contributed by atoms with Gasteiger partial charge in [-0.25, -0.2) is 9.37 Å². The van der Waals surface area contributed by atoms with Gasteiger partial charge in [-0.1, -0.05) is 17.7 Å².